The Labute approximate surface area is 88.2 Å². The molecule has 0 bridgehead atoms. The van der Waals surface area contributed by atoms with Crippen molar-refractivity contribution in [3.05, 3.63) is 47.6 Å². The Balaban J connectivity index is 2.73. The Hall–Kier alpha value is -1.85. The summed E-state index contributed by atoms with van der Waals surface area (Å²) in [6.07, 6.45) is 2.34. The zero-order chi connectivity index (χ0) is 11.9. The van der Waals surface area contributed by atoms with E-state index in [1.165, 1.54) is 6.20 Å². The minimum atomic E-state index is -1.45. The molecule has 0 N–H and O–H groups in total. The van der Waals surface area contributed by atoms with Crippen LogP contribution in [-0.2, 0) is 0 Å². The molecule has 0 atom stereocenters. The highest BCUT2D eigenvalue weighted by Gasteiger charge is 2.20. The maximum atomic E-state index is 13.3. The van der Waals surface area contributed by atoms with E-state index in [-0.39, 0.29) is 6.07 Å². The summed E-state index contributed by atoms with van der Waals surface area (Å²) in [7, 11) is 0. The second kappa shape index (κ2) is 3.62. The van der Waals surface area contributed by atoms with E-state index in [0.717, 1.165) is 10.9 Å². The Morgan fingerprint density at radius 1 is 1.06 bits per heavy atom. The number of benzene rings is 1. The number of rotatable bonds is 1. The van der Waals surface area contributed by atoms with E-state index >= 15 is 0 Å². The summed E-state index contributed by atoms with van der Waals surface area (Å²) in [4.78, 5) is 3.72. The van der Waals surface area contributed by atoms with Crippen LogP contribution in [0.3, 0.4) is 0 Å². The quantitative estimate of drug-likeness (QED) is 0.544. The van der Waals surface area contributed by atoms with Crippen LogP contribution in [0.15, 0.2) is 18.6 Å². The SMILES string of the molecule is Cc1cn(-c2c(F)c(F)cc(F)c2F)cn1. The molecular weight excluding hydrogens is 224 g/mol. The van der Waals surface area contributed by atoms with Crippen molar-refractivity contribution >= 4 is 0 Å². The van der Waals surface area contributed by atoms with Gasteiger partial charge in [-0.05, 0) is 6.92 Å². The lowest BCUT2D eigenvalue weighted by Gasteiger charge is -2.06. The van der Waals surface area contributed by atoms with Crippen LogP contribution in [0.4, 0.5) is 17.6 Å². The van der Waals surface area contributed by atoms with Crippen molar-refractivity contribution in [2.75, 3.05) is 0 Å². The Morgan fingerprint density at radius 3 is 2.06 bits per heavy atom. The Kier molecular flexibility index (Phi) is 2.41. The molecule has 1 heterocycles. The number of hydrogen-bond acceptors (Lipinski definition) is 1. The van der Waals surface area contributed by atoms with Gasteiger partial charge in [0.15, 0.2) is 23.3 Å². The van der Waals surface area contributed by atoms with E-state index in [0.29, 0.717) is 5.69 Å². The third kappa shape index (κ3) is 1.56. The van der Waals surface area contributed by atoms with Crippen molar-refractivity contribution in [2.24, 2.45) is 0 Å². The molecule has 0 unspecified atom stereocenters. The number of imidazole rings is 1. The van der Waals surface area contributed by atoms with Gasteiger partial charge in [-0.15, -0.1) is 0 Å². The molecule has 2 aromatic rings. The zero-order valence-corrected chi connectivity index (χ0v) is 8.14. The predicted octanol–water partition coefficient (Wildman–Crippen LogP) is 2.74. The third-order valence-corrected chi connectivity index (χ3v) is 2.06. The van der Waals surface area contributed by atoms with Gasteiger partial charge in [0.2, 0.25) is 0 Å². The second-order valence-corrected chi connectivity index (χ2v) is 3.24. The van der Waals surface area contributed by atoms with E-state index < -0.39 is 29.0 Å². The van der Waals surface area contributed by atoms with Crippen LogP contribution in [0, 0.1) is 30.2 Å². The fraction of sp³-hybridized carbons (Fsp3) is 0.100. The molecule has 0 fully saturated rings. The summed E-state index contributed by atoms with van der Waals surface area (Å²) >= 11 is 0. The van der Waals surface area contributed by atoms with Gasteiger partial charge in [0.05, 0.1) is 12.0 Å². The summed E-state index contributed by atoms with van der Waals surface area (Å²) in [5, 5.41) is 0. The average Bonchev–Trinajstić information content (AvgIpc) is 2.62. The molecular formula is C10H6F4N2. The van der Waals surface area contributed by atoms with Crippen LogP contribution >= 0.6 is 0 Å². The minimum absolute atomic E-state index is 0.165. The molecule has 2 rings (SSSR count). The number of aromatic nitrogens is 2. The average molecular weight is 230 g/mol. The van der Waals surface area contributed by atoms with E-state index in [1.54, 1.807) is 6.92 Å². The van der Waals surface area contributed by atoms with E-state index in [1.807, 2.05) is 0 Å². The summed E-state index contributed by atoms with van der Waals surface area (Å²) in [6, 6.07) is 0.165. The van der Waals surface area contributed by atoms with Gasteiger partial charge >= 0.3 is 0 Å². The molecule has 0 amide bonds. The Morgan fingerprint density at radius 2 is 1.62 bits per heavy atom. The van der Waals surface area contributed by atoms with Crippen molar-refractivity contribution in [1.29, 1.82) is 0 Å². The zero-order valence-electron chi connectivity index (χ0n) is 8.14. The molecule has 16 heavy (non-hydrogen) atoms. The van der Waals surface area contributed by atoms with Gasteiger partial charge in [-0.25, -0.2) is 22.5 Å². The van der Waals surface area contributed by atoms with Crippen molar-refractivity contribution in [1.82, 2.24) is 9.55 Å². The van der Waals surface area contributed by atoms with Crippen LogP contribution in [0.5, 0.6) is 0 Å². The van der Waals surface area contributed by atoms with E-state index in [2.05, 4.69) is 4.98 Å². The fourth-order valence-electron chi connectivity index (χ4n) is 1.33. The lowest BCUT2D eigenvalue weighted by atomic mass is 10.2. The molecule has 1 aromatic heterocycles. The molecule has 0 spiro atoms. The highest BCUT2D eigenvalue weighted by molar-refractivity contribution is 5.37. The summed E-state index contributed by atoms with van der Waals surface area (Å²) in [6.45, 7) is 1.59. The van der Waals surface area contributed by atoms with E-state index in [4.69, 9.17) is 0 Å². The number of halogens is 4. The lowest BCUT2D eigenvalue weighted by molar-refractivity contribution is 0.448. The molecule has 2 nitrogen and oxygen atoms in total. The van der Waals surface area contributed by atoms with Gasteiger partial charge < -0.3 is 4.57 Å². The normalized spacial score (nSPS) is 10.8. The molecule has 0 aliphatic rings. The standard InChI is InChI=1S/C10H6F4N2/c1-5-3-16(4-15-5)10-8(13)6(11)2-7(12)9(10)14/h2-4H,1H3. The van der Waals surface area contributed by atoms with Gasteiger partial charge in [0.25, 0.3) is 0 Å². The first-order valence-corrected chi connectivity index (χ1v) is 4.34. The van der Waals surface area contributed by atoms with Crippen LogP contribution in [0.1, 0.15) is 5.69 Å². The van der Waals surface area contributed by atoms with Crippen LogP contribution in [0.25, 0.3) is 5.69 Å². The Bertz CT molecular complexity index is 522. The van der Waals surface area contributed by atoms with Crippen molar-refractivity contribution in [2.45, 2.75) is 6.92 Å². The third-order valence-electron chi connectivity index (χ3n) is 2.06. The smallest absolute Gasteiger partial charge is 0.186 e. The van der Waals surface area contributed by atoms with Gasteiger partial charge in [-0.1, -0.05) is 0 Å². The summed E-state index contributed by atoms with van der Waals surface area (Å²) in [5.74, 6) is -5.78. The summed E-state index contributed by atoms with van der Waals surface area (Å²) < 4.78 is 53.3. The number of hydrogen-bond donors (Lipinski definition) is 0. The number of nitrogens with zero attached hydrogens (tertiary/aromatic N) is 2. The van der Waals surface area contributed by atoms with Crippen molar-refractivity contribution in [3.63, 3.8) is 0 Å². The van der Waals surface area contributed by atoms with Crippen LogP contribution in [0.2, 0.25) is 0 Å². The van der Waals surface area contributed by atoms with Crippen molar-refractivity contribution in [3.8, 4) is 5.69 Å². The highest BCUT2D eigenvalue weighted by Crippen LogP contribution is 2.23. The first kappa shape index (κ1) is 10.7. The van der Waals surface area contributed by atoms with Gasteiger partial charge in [0, 0.05) is 12.3 Å². The molecule has 0 saturated heterocycles. The predicted molar refractivity (Wildman–Crippen MR) is 48.1 cm³/mol. The molecule has 0 radical (unpaired) electrons. The topological polar surface area (TPSA) is 17.8 Å². The van der Waals surface area contributed by atoms with Crippen LogP contribution in [-0.4, -0.2) is 9.55 Å². The molecule has 0 aliphatic heterocycles. The first-order chi connectivity index (χ1) is 7.50. The molecule has 0 aliphatic carbocycles. The first-order valence-electron chi connectivity index (χ1n) is 4.34. The maximum absolute atomic E-state index is 13.3. The second-order valence-electron chi connectivity index (χ2n) is 3.24. The maximum Gasteiger partial charge on any atom is 0.186 e. The van der Waals surface area contributed by atoms with Gasteiger partial charge in [-0.2, -0.15) is 0 Å². The van der Waals surface area contributed by atoms with Gasteiger partial charge in [0.1, 0.15) is 5.69 Å². The summed E-state index contributed by atoms with van der Waals surface area (Å²) in [5.41, 5.74) is -0.332. The highest BCUT2D eigenvalue weighted by atomic mass is 19.2. The van der Waals surface area contributed by atoms with Crippen LogP contribution < -0.4 is 0 Å². The molecule has 1 aromatic carbocycles. The van der Waals surface area contributed by atoms with Gasteiger partial charge in [-0.3, -0.25) is 0 Å². The molecule has 6 heteroatoms. The minimum Gasteiger partial charge on any atom is -0.301 e. The molecule has 0 saturated carbocycles. The van der Waals surface area contributed by atoms with Crippen molar-refractivity contribution < 1.29 is 17.6 Å². The monoisotopic (exact) mass is 230 g/mol. The lowest BCUT2D eigenvalue weighted by Crippen LogP contribution is -2.04. The fourth-order valence-corrected chi connectivity index (χ4v) is 1.33. The van der Waals surface area contributed by atoms with E-state index in [9.17, 15) is 17.6 Å². The number of aryl methyl sites for hydroxylation is 1. The largest absolute Gasteiger partial charge is 0.301 e. The molecule has 84 valence electrons.